The number of hydrogen-bond acceptors (Lipinski definition) is 4. The molecule has 5 nitrogen and oxygen atoms in total. The van der Waals surface area contributed by atoms with Crippen LogP contribution in [-0.2, 0) is 4.74 Å². The summed E-state index contributed by atoms with van der Waals surface area (Å²) in [6, 6.07) is 16.5. The summed E-state index contributed by atoms with van der Waals surface area (Å²) in [7, 11) is 1.34. The molecule has 1 aliphatic rings. The van der Waals surface area contributed by atoms with Gasteiger partial charge in [-0.2, -0.15) is 0 Å². The molecule has 26 heavy (non-hydrogen) atoms. The standard InChI is InChI=1S/C21H24N2O3/c1-26-21(25)18-11-9-17(10-12-18)20(24)22-19(15-23-13-5-6-14-23)16-7-3-2-4-8-16/h2-4,7-12,19H,5-6,13-15H2,1H3,(H,22,24). The largest absolute Gasteiger partial charge is 0.465 e. The van der Waals surface area contributed by atoms with Crippen molar-refractivity contribution in [2.75, 3.05) is 26.7 Å². The fourth-order valence-corrected chi connectivity index (χ4v) is 3.26. The third kappa shape index (κ3) is 4.49. The monoisotopic (exact) mass is 352 g/mol. The Hall–Kier alpha value is -2.66. The van der Waals surface area contributed by atoms with Crippen LogP contribution in [0.2, 0.25) is 0 Å². The van der Waals surface area contributed by atoms with Gasteiger partial charge in [0.25, 0.3) is 5.91 Å². The quantitative estimate of drug-likeness (QED) is 0.812. The first-order valence-corrected chi connectivity index (χ1v) is 8.94. The van der Waals surface area contributed by atoms with Crippen LogP contribution in [0.1, 0.15) is 45.2 Å². The molecule has 1 saturated heterocycles. The van der Waals surface area contributed by atoms with E-state index in [1.807, 2.05) is 30.3 Å². The molecule has 1 heterocycles. The lowest BCUT2D eigenvalue weighted by Crippen LogP contribution is -2.37. The second kappa shape index (κ2) is 8.63. The summed E-state index contributed by atoms with van der Waals surface area (Å²) in [5, 5.41) is 3.14. The number of carbonyl (C=O) groups excluding carboxylic acids is 2. The van der Waals surface area contributed by atoms with E-state index in [-0.39, 0.29) is 11.9 Å². The van der Waals surface area contributed by atoms with Gasteiger partial charge in [0.15, 0.2) is 0 Å². The molecule has 0 saturated carbocycles. The van der Waals surface area contributed by atoms with Crippen LogP contribution in [0.25, 0.3) is 0 Å². The van der Waals surface area contributed by atoms with Gasteiger partial charge in [0.05, 0.1) is 18.7 Å². The summed E-state index contributed by atoms with van der Waals surface area (Å²) >= 11 is 0. The summed E-state index contributed by atoms with van der Waals surface area (Å²) in [6.07, 6.45) is 2.43. The summed E-state index contributed by atoms with van der Waals surface area (Å²) < 4.78 is 4.69. The van der Waals surface area contributed by atoms with Crippen LogP contribution in [-0.4, -0.2) is 43.5 Å². The van der Waals surface area contributed by atoms with Crippen LogP contribution in [0, 0.1) is 0 Å². The van der Waals surface area contributed by atoms with Crippen molar-refractivity contribution in [1.82, 2.24) is 10.2 Å². The van der Waals surface area contributed by atoms with E-state index in [0.717, 1.165) is 25.2 Å². The third-order valence-electron chi connectivity index (χ3n) is 4.71. The molecular formula is C21H24N2O3. The molecule has 1 atom stereocenters. The Labute approximate surface area is 154 Å². The molecule has 3 rings (SSSR count). The Bertz CT molecular complexity index is 738. The molecule has 1 amide bonds. The minimum atomic E-state index is -0.409. The number of nitrogens with zero attached hydrogens (tertiary/aromatic N) is 1. The SMILES string of the molecule is COC(=O)c1ccc(C(=O)NC(CN2CCCC2)c2ccccc2)cc1. The van der Waals surface area contributed by atoms with Gasteiger partial charge in [-0.25, -0.2) is 4.79 Å². The fraction of sp³-hybridized carbons (Fsp3) is 0.333. The lowest BCUT2D eigenvalue weighted by atomic mass is 10.1. The van der Waals surface area contributed by atoms with E-state index < -0.39 is 5.97 Å². The van der Waals surface area contributed by atoms with Crippen LogP contribution in [0.15, 0.2) is 54.6 Å². The summed E-state index contributed by atoms with van der Waals surface area (Å²) in [5.41, 5.74) is 2.06. The Morgan fingerprint density at radius 1 is 1.00 bits per heavy atom. The number of hydrogen-bond donors (Lipinski definition) is 1. The number of esters is 1. The molecule has 0 bridgehead atoms. The number of ether oxygens (including phenoxy) is 1. The van der Waals surface area contributed by atoms with Gasteiger partial charge in [-0.05, 0) is 55.8 Å². The Morgan fingerprint density at radius 2 is 1.62 bits per heavy atom. The van der Waals surface area contributed by atoms with Gasteiger partial charge < -0.3 is 15.0 Å². The molecule has 0 radical (unpaired) electrons. The first kappa shape index (κ1) is 18.1. The smallest absolute Gasteiger partial charge is 0.337 e. The maximum absolute atomic E-state index is 12.7. The van der Waals surface area contributed by atoms with E-state index >= 15 is 0 Å². The third-order valence-corrected chi connectivity index (χ3v) is 4.71. The van der Waals surface area contributed by atoms with Crippen molar-refractivity contribution in [2.45, 2.75) is 18.9 Å². The molecule has 136 valence electrons. The number of amides is 1. The molecule has 0 aliphatic carbocycles. The van der Waals surface area contributed by atoms with E-state index in [4.69, 9.17) is 0 Å². The molecule has 1 fully saturated rings. The van der Waals surface area contributed by atoms with Crippen LogP contribution in [0.3, 0.4) is 0 Å². The molecule has 0 aromatic heterocycles. The number of nitrogens with one attached hydrogen (secondary N) is 1. The highest BCUT2D eigenvalue weighted by Gasteiger charge is 2.21. The van der Waals surface area contributed by atoms with Gasteiger partial charge in [-0.15, -0.1) is 0 Å². The Kier molecular flexibility index (Phi) is 6.02. The first-order chi connectivity index (χ1) is 12.7. The predicted octanol–water partition coefficient (Wildman–Crippen LogP) is 3.04. The maximum Gasteiger partial charge on any atom is 0.337 e. The number of carbonyl (C=O) groups is 2. The van der Waals surface area contributed by atoms with Crippen molar-refractivity contribution >= 4 is 11.9 Å². The molecule has 1 aliphatic heterocycles. The van der Waals surface area contributed by atoms with E-state index in [0.29, 0.717) is 11.1 Å². The zero-order valence-electron chi connectivity index (χ0n) is 15.0. The number of likely N-dealkylation sites (tertiary alicyclic amines) is 1. The molecular weight excluding hydrogens is 328 g/mol. The second-order valence-corrected chi connectivity index (χ2v) is 6.51. The van der Waals surface area contributed by atoms with Crippen LogP contribution >= 0.6 is 0 Å². The number of benzene rings is 2. The van der Waals surface area contributed by atoms with Gasteiger partial charge in [0.2, 0.25) is 0 Å². The van der Waals surface area contributed by atoms with Gasteiger partial charge in [0.1, 0.15) is 0 Å². The molecule has 0 spiro atoms. The topological polar surface area (TPSA) is 58.6 Å². The van der Waals surface area contributed by atoms with Crippen molar-refractivity contribution in [3.05, 3.63) is 71.3 Å². The van der Waals surface area contributed by atoms with Crippen molar-refractivity contribution in [1.29, 1.82) is 0 Å². The van der Waals surface area contributed by atoms with Crippen LogP contribution in [0.5, 0.6) is 0 Å². The summed E-state index contributed by atoms with van der Waals surface area (Å²) in [4.78, 5) is 26.6. The summed E-state index contributed by atoms with van der Waals surface area (Å²) in [6.45, 7) is 2.95. The molecule has 2 aromatic carbocycles. The van der Waals surface area contributed by atoms with Crippen LogP contribution < -0.4 is 5.32 Å². The zero-order valence-corrected chi connectivity index (χ0v) is 15.0. The minimum absolute atomic E-state index is 0.0675. The van der Waals surface area contributed by atoms with Gasteiger partial charge in [-0.3, -0.25) is 4.79 Å². The fourth-order valence-electron chi connectivity index (χ4n) is 3.26. The molecule has 5 heteroatoms. The van der Waals surface area contributed by atoms with Crippen molar-refractivity contribution in [3.8, 4) is 0 Å². The predicted molar refractivity (Wildman–Crippen MR) is 100 cm³/mol. The Morgan fingerprint density at radius 3 is 2.23 bits per heavy atom. The summed E-state index contributed by atoms with van der Waals surface area (Å²) in [5.74, 6) is -0.553. The van der Waals surface area contributed by atoms with Gasteiger partial charge in [-0.1, -0.05) is 30.3 Å². The average molecular weight is 352 g/mol. The Balaban J connectivity index is 1.73. The molecule has 1 unspecified atom stereocenters. The highest BCUT2D eigenvalue weighted by molar-refractivity contribution is 5.96. The number of methoxy groups -OCH3 is 1. The van der Waals surface area contributed by atoms with E-state index in [1.165, 1.54) is 20.0 Å². The second-order valence-electron chi connectivity index (χ2n) is 6.51. The van der Waals surface area contributed by atoms with Gasteiger partial charge >= 0.3 is 5.97 Å². The lowest BCUT2D eigenvalue weighted by molar-refractivity contribution is 0.0600. The van der Waals surface area contributed by atoms with E-state index in [2.05, 4.69) is 15.0 Å². The number of rotatable bonds is 6. The van der Waals surface area contributed by atoms with Crippen LogP contribution in [0.4, 0.5) is 0 Å². The van der Waals surface area contributed by atoms with Crippen molar-refractivity contribution in [3.63, 3.8) is 0 Å². The minimum Gasteiger partial charge on any atom is -0.465 e. The average Bonchev–Trinajstić information content (AvgIpc) is 3.20. The highest BCUT2D eigenvalue weighted by atomic mass is 16.5. The normalized spacial score (nSPS) is 15.4. The van der Waals surface area contributed by atoms with Crippen molar-refractivity contribution < 1.29 is 14.3 Å². The van der Waals surface area contributed by atoms with E-state index in [1.54, 1.807) is 24.3 Å². The lowest BCUT2D eigenvalue weighted by Gasteiger charge is -2.25. The van der Waals surface area contributed by atoms with Gasteiger partial charge in [0, 0.05) is 12.1 Å². The van der Waals surface area contributed by atoms with E-state index in [9.17, 15) is 9.59 Å². The highest BCUT2D eigenvalue weighted by Crippen LogP contribution is 2.18. The van der Waals surface area contributed by atoms with Crippen molar-refractivity contribution in [2.24, 2.45) is 0 Å². The molecule has 1 N–H and O–H groups in total. The zero-order chi connectivity index (χ0) is 18.4. The first-order valence-electron chi connectivity index (χ1n) is 8.94. The molecule has 2 aromatic rings. The maximum atomic E-state index is 12.7.